The van der Waals surface area contributed by atoms with Gasteiger partial charge >= 0.3 is 5.97 Å². The van der Waals surface area contributed by atoms with E-state index < -0.39 is 36.0 Å². The number of carbonyl (C=O) groups excluding carboxylic acids is 5. The lowest BCUT2D eigenvalue weighted by Gasteiger charge is -2.33. The van der Waals surface area contributed by atoms with Crippen LogP contribution in [0, 0.1) is 17.8 Å². The average Bonchev–Trinajstić information content (AvgIpc) is 3.63. The van der Waals surface area contributed by atoms with E-state index in [1.807, 2.05) is 31.2 Å². The first-order valence-corrected chi connectivity index (χ1v) is 18.3. The molecular weight excluding hydrogens is 652 g/mol. The van der Waals surface area contributed by atoms with Crippen molar-refractivity contribution in [2.45, 2.75) is 102 Å². The number of nitrogens with one attached hydrogen (secondary N) is 3. The minimum absolute atomic E-state index is 0.00261. The molecule has 0 spiro atoms. The molecule has 0 unspecified atom stereocenters. The van der Waals surface area contributed by atoms with Gasteiger partial charge in [0.25, 0.3) is 5.91 Å². The largest absolute Gasteiger partial charge is 0.497 e. The summed E-state index contributed by atoms with van der Waals surface area (Å²) in [5.41, 5.74) is 1.99. The minimum atomic E-state index is -0.884. The molecule has 1 saturated heterocycles. The Balaban J connectivity index is 1.32. The van der Waals surface area contributed by atoms with Crippen molar-refractivity contribution >= 4 is 29.6 Å². The van der Waals surface area contributed by atoms with Gasteiger partial charge in [0.15, 0.2) is 0 Å². The number of carbonyl (C=O) groups is 5. The lowest BCUT2D eigenvalue weighted by molar-refractivity contribution is -0.155. The molecule has 2 fully saturated rings. The minimum Gasteiger partial charge on any atom is -0.497 e. The number of aliphatic hydroxyl groups is 1. The first kappa shape index (κ1) is 37.8. The quantitative estimate of drug-likeness (QED) is 0.354. The van der Waals surface area contributed by atoms with Crippen LogP contribution in [0.1, 0.15) is 86.7 Å². The number of fused-ring (bicyclic) bond motifs is 2. The lowest BCUT2D eigenvalue weighted by atomic mass is 9.84. The summed E-state index contributed by atoms with van der Waals surface area (Å²) in [4.78, 5) is 68.4. The van der Waals surface area contributed by atoms with Crippen LogP contribution in [0.25, 0.3) is 0 Å². The second-order valence-electron chi connectivity index (χ2n) is 14.4. The number of amides is 4. The number of hydrogen-bond donors (Lipinski definition) is 4. The molecular formula is C39H52N4O8. The van der Waals surface area contributed by atoms with Crippen LogP contribution >= 0.6 is 0 Å². The molecule has 4 aliphatic heterocycles. The summed E-state index contributed by atoms with van der Waals surface area (Å²) in [5.74, 6) is -1.69. The Morgan fingerprint density at radius 2 is 1.57 bits per heavy atom. The van der Waals surface area contributed by atoms with Crippen LogP contribution in [0.3, 0.4) is 0 Å². The van der Waals surface area contributed by atoms with E-state index in [0.717, 1.165) is 17.5 Å². The van der Waals surface area contributed by atoms with Crippen LogP contribution in [0.2, 0.25) is 0 Å². The Morgan fingerprint density at radius 3 is 2.25 bits per heavy atom. The summed E-state index contributed by atoms with van der Waals surface area (Å²) >= 11 is 0. The third-order valence-corrected chi connectivity index (χ3v) is 10.6. The molecule has 0 radical (unpaired) electrons. The zero-order valence-electron chi connectivity index (χ0n) is 29.9. The van der Waals surface area contributed by atoms with Gasteiger partial charge in [-0.05, 0) is 92.7 Å². The van der Waals surface area contributed by atoms with Gasteiger partial charge in [-0.1, -0.05) is 38.1 Å². The molecule has 2 aromatic carbocycles. The van der Waals surface area contributed by atoms with Crippen molar-refractivity contribution in [1.29, 1.82) is 0 Å². The molecule has 5 aliphatic rings. The topological polar surface area (TPSA) is 163 Å². The highest BCUT2D eigenvalue weighted by Crippen LogP contribution is 2.30. The maximum absolute atomic E-state index is 13.7. The summed E-state index contributed by atoms with van der Waals surface area (Å²) in [6, 6.07) is 12.5. The van der Waals surface area contributed by atoms with Crippen molar-refractivity contribution in [3.05, 3.63) is 65.2 Å². The van der Waals surface area contributed by atoms with Crippen molar-refractivity contribution in [2.24, 2.45) is 17.8 Å². The van der Waals surface area contributed by atoms with E-state index in [9.17, 15) is 29.1 Å². The third-order valence-electron chi connectivity index (χ3n) is 10.6. The summed E-state index contributed by atoms with van der Waals surface area (Å²) in [6.07, 6.45) is 3.92. The molecule has 2 aromatic rings. The highest BCUT2D eigenvalue weighted by molar-refractivity contribution is 5.97. The van der Waals surface area contributed by atoms with Gasteiger partial charge in [-0.3, -0.25) is 19.2 Å². The zero-order valence-corrected chi connectivity index (χ0v) is 29.9. The van der Waals surface area contributed by atoms with Crippen molar-refractivity contribution in [1.82, 2.24) is 20.9 Å². The molecule has 4 heterocycles. The number of hydrogen-bond acceptors (Lipinski definition) is 8. The Bertz CT molecular complexity index is 1520. The number of aliphatic hydroxyl groups excluding tert-OH is 1. The molecule has 4 amide bonds. The van der Waals surface area contributed by atoms with Gasteiger partial charge < -0.3 is 35.4 Å². The highest BCUT2D eigenvalue weighted by atomic mass is 16.5. The van der Waals surface area contributed by atoms with E-state index in [2.05, 4.69) is 16.0 Å². The van der Waals surface area contributed by atoms with E-state index in [1.54, 1.807) is 43.2 Å². The molecule has 0 aromatic heterocycles. The number of benzene rings is 2. The fraction of sp³-hybridized carbons (Fsp3) is 0.564. The highest BCUT2D eigenvalue weighted by Gasteiger charge is 2.39. The Labute approximate surface area is 300 Å². The Hall–Kier alpha value is -4.45. The van der Waals surface area contributed by atoms with Crippen LogP contribution in [0.4, 0.5) is 0 Å². The monoisotopic (exact) mass is 704 g/mol. The van der Waals surface area contributed by atoms with Crippen molar-refractivity contribution in [3.63, 3.8) is 0 Å². The van der Waals surface area contributed by atoms with Crippen LogP contribution < -0.4 is 20.7 Å². The number of ether oxygens (including phenoxy) is 2. The lowest BCUT2D eigenvalue weighted by Crippen LogP contribution is -2.52. The van der Waals surface area contributed by atoms with Crippen molar-refractivity contribution in [2.75, 3.05) is 20.3 Å². The fourth-order valence-electron chi connectivity index (χ4n) is 7.23. The summed E-state index contributed by atoms with van der Waals surface area (Å²) in [5, 5.41) is 19.7. The molecule has 276 valence electrons. The Morgan fingerprint density at radius 1 is 0.863 bits per heavy atom. The normalized spacial score (nSPS) is 29.0. The predicted molar refractivity (Wildman–Crippen MR) is 189 cm³/mol. The molecule has 7 rings (SSSR count). The first-order chi connectivity index (χ1) is 24.5. The zero-order chi connectivity index (χ0) is 36.5. The first-order valence-electron chi connectivity index (χ1n) is 18.3. The van der Waals surface area contributed by atoms with Crippen LogP contribution in [0.5, 0.6) is 5.75 Å². The van der Waals surface area contributed by atoms with Crippen molar-refractivity contribution in [3.8, 4) is 5.75 Å². The average molecular weight is 705 g/mol. The van der Waals surface area contributed by atoms with Crippen molar-refractivity contribution < 1.29 is 38.6 Å². The van der Waals surface area contributed by atoms with Gasteiger partial charge in [-0.2, -0.15) is 0 Å². The number of esters is 1. The van der Waals surface area contributed by atoms with E-state index >= 15 is 0 Å². The molecule has 4 bridgehead atoms. The SMILES string of the molecule is COc1ccc(C[C@@H]2NC(=O)c3ccc(cc3)CNC(=O)[C@H](C)[C@@H](O)C[C@H](C)CCOC(=O)[C@@H]3CCCN3C(=O)C3CCC(CC3)NC2=O)cc1. The summed E-state index contributed by atoms with van der Waals surface area (Å²) in [6.45, 7) is 4.52. The standard InChI is InChI=1S/C39H52N4O8/c1-24-18-20-51-39(49)33-5-4-19-43(33)38(48)29-12-14-30(15-13-29)41-37(47)32(22-26-8-16-31(50-3)17-9-26)42-36(46)28-10-6-27(7-11-28)23-40-35(45)25(2)34(44)21-24/h6-11,16-17,24-25,29-30,32-34,44H,4-5,12-15,18-23H2,1-3H3,(H,40,45)(H,41,47)(H,42,46)/t24-,25-,29?,30?,32+,33+,34+/m1/s1. The van der Waals surface area contributed by atoms with E-state index in [-0.39, 0.29) is 55.2 Å². The maximum atomic E-state index is 13.7. The van der Waals surface area contributed by atoms with E-state index in [1.165, 1.54) is 0 Å². The van der Waals surface area contributed by atoms with Gasteiger partial charge in [-0.25, -0.2) is 4.79 Å². The van der Waals surface area contributed by atoms with Gasteiger partial charge in [0, 0.05) is 37.0 Å². The van der Waals surface area contributed by atoms with E-state index in [4.69, 9.17) is 9.47 Å². The second-order valence-corrected chi connectivity index (χ2v) is 14.4. The van der Waals surface area contributed by atoms with Crippen LogP contribution in [0.15, 0.2) is 48.5 Å². The second kappa shape index (κ2) is 17.7. The Kier molecular flexibility index (Phi) is 13.1. The molecule has 5 atom stereocenters. The van der Waals surface area contributed by atoms with E-state index in [0.29, 0.717) is 62.8 Å². The number of rotatable bonds is 3. The van der Waals surface area contributed by atoms with Crippen LogP contribution in [-0.2, 0) is 36.9 Å². The summed E-state index contributed by atoms with van der Waals surface area (Å²) < 4.78 is 10.9. The predicted octanol–water partition coefficient (Wildman–Crippen LogP) is 3.29. The molecule has 1 aliphatic carbocycles. The molecule has 12 heteroatoms. The number of nitrogens with zero attached hydrogens (tertiary/aromatic N) is 1. The van der Waals surface area contributed by atoms with Gasteiger partial charge in [-0.15, -0.1) is 0 Å². The maximum Gasteiger partial charge on any atom is 0.328 e. The van der Waals surface area contributed by atoms with Gasteiger partial charge in [0.2, 0.25) is 17.7 Å². The van der Waals surface area contributed by atoms with Crippen LogP contribution in [-0.4, -0.2) is 84.1 Å². The van der Waals surface area contributed by atoms with Gasteiger partial charge in [0.1, 0.15) is 17.8 Å². The number of methoxy groups -OCH3 is 1. The molecule has 12 nitrogen and oxygen atoms in total. The third kappa shape index (κ3) is 10.1. The smallest absolute Gasteiger partial charge is 0.328 e. The fourth-order valence-corrected chi connectivity index (χ4v) is 7.23. The summed E-state index contributed by atoms with van der Waals surface area (Å²) in [7, 11) is 1.58. The molecule has 1 saturated carbocycles. The van der Waals surface area contributed by atoms with Gasteiger partial charge in [0.05, 0.1) is 25.7 Å². The molecule has 4 N–H and O–H groups in total. The molecule has 51 heavy (non-hydrogen) atoms.